The molecule has 0 unspecified atom stereocenters. The summed E-state index contributed by atoms with van der Waals surface area (Å²) in [4.78, 5) is 10.4. The highest BCUT2D eigenvalue weighted by Gasteiger charge is 1.99. The molecule has 0 N–H and O–H groups in total. The summed E-state index contributed by atoms with van der Waals surface area (Å²) in [5.41, 5.74) is 0.700. The van der Waals surface area contributed by atoms with Crippen molar-refractivity contribution in [3.8, 4) is 0 Å². The molecule has 0 saturated heterocycles. The van der Waals surface area contributed by atoms with Crippen LogP contribution in [-0.4, -0.2) is 13.4 Å². The van der Waals surface area contributed by atoms with Gasteiger partial charge in [-0.05, 0) is 19.4 Å². The predicted octanol–water partition coefficient (Wildman–Crippen LogP) is 2.07. The molecule has 62 valence electrons. The first kappa shape index (κ1) is 9.95. The smallest absolute Gasteiger partial charge is 0.149 e. The van der Waals surface area contributed by atoms with E-state index in [1.165, 1.54) is 0 Å². The van der Waals surface area contributed by atoms with Gasteiger partial charge in [0.25, 0.3) is 0 Å². The number of methoxy groups -OCH3 is 1. The summed E-state index contributed by atoms with van der Waals surface area (Å²) >= 11 is 0. The molecule has 0 aromatic rings. The van der Waals surface area contributed by atoms with Gasteiger partial charge in [0, 0.05) is 5.57 Å². The van der Waals surface area contributed by atoms with E-state index in [4.69, 9.17) is 4.74 Å². The van der Waals surface area contributed by atoms with Gasteiger partial charge in [0.1, 0.15) is 12.0 Å². The van der Waals surface area contributed by atoms with Crippen molar-refractivity contribution in [1.82, 2.24) is 0 Å². The lowest BCUT2D eigenvalue weighted by Gasteiger charge is -2.02. The van der Waals surface area contributed by atoms with Gasteiger partial charge < -0.3 is 4.74 Å². The zero-order valence-corrected chi connectivity index (χ0v) is 7.26. The van der Waals surface area contributed by atoms with Gasteiger partial charge in [0.05, 0.1) is 7.11 Å². The second-order valence-electron chi connectivity index (χ2n) is 2.07. The van der Waals surface area contributed by atoms with Crippen molar-refractivity contribution in [2.75, 3.05) is 7.11 Å². The van der Waals surface area contributed by atoms with Crippen LogP contribution in [0.25, 0.3) is 0 Å². The molecule has 2 heteroatoms. The molecule has 2 nitrogen and oxygen atoms in total. The Labute approximate surface area is 67.6 Å². The third-order valence-electron chi connectivity index (χ3n) is 1.38. The molecular formula is C9H14O2. The summed E-state index contributed by atoms with van der Waals surface area (Å²) in [5, 5.41) is 0. The predicted molar refractivity (Wildman–Crippen MR) is 45.2 cm³/mol. The molecule has 0 bridgehead atoms. The molecule has 0 fully saturated rings. The molecule has 0 amide bonds. The number of hydrogen-bond donors (Lipinski definition) is 0. The van der Waals surface area contributed by atoms with Crippen LogP contribution in [0.5, 0.6) is 0 Å². The largest absolute Gasteiger partial charge is 0.496 e. The summed E-state index contributed by atoms with van der Waals surface area (Å²) < 4.78 is 5.00. The van der Waals surface area contributed by atoms with Gasteiger partial charge >= 0.3 is 0 Å². The second kappa shape index (κ2) is 5.71. The maximum absolute atomic E-state index is 10.4. The minimum absolute atomic E-state index is 0.657. The highest BCUT2D eigenvalue weighted by molar-refractivity contribution is 5.74. The van der Waals surface area contributed by atoms with Crippen LogP contribution < -0.4 is 0 Å². The fourth-order valence-corrected chi connectivity index (χ4v) is 0.773. The molecule has 0 heterocycles. The van der Waals surface area contributed by atoms with Crippen molar-refractivity contribution in [2.24, 2.45) is 0 Å². The molecule has 0 aliphatic rings. The van der Waals surface area contributed by atoms with E-state index >= 15 is 0 Å². The Hall–Kier alpha value is -1.05. The van der Waals surface area contributed by atoms with E-state index in [0.717, 1.165) is 6.29 Å². The molecular weight excluding hydrogens is 140 g/mol. The molecule has 0 radical (unpaired) electrons. The number of carbonyl (C=O) groups excluding carboxylic acids is 1. The minimum atomic E-state index is 0.657. The third-order valence-corrected chi connectivity index (χ3v) is 1.38. The zero-order valence-electron chi connectivity index (χ0n) is 7.26. The van der Waals surface area contributed by atoms with Gasteiger partial charge in [0.15, 0.2) is 0 Å². The lowest BCUT2D eigenvalue weighted by molar-refractivity contribution is -0.105. The summed E-state index contributed by atoms with van der Waals surface area (Å²) in [6.07, 6.45) is 5.17. The number of carbonyl (C=O) groups is 1. The number of aldehydes is 1. The molecule has 0 aromatic heterocycles. The topological polar surface area (TPSA) is 26.3 Å². The van der Waals surface area contributed by atoms with E-state index in [2.05, 4.69) is 0 Å². The minimum Gasteiger partial charge on any atom is -0.496 e. The molecule has 0 rings (SSSR count). The molecule has 0 saturated carbocycles. The Morgan fingerprint density at radius 1 is 1.55 bits per heavy atom. The van der Waals surface area contributed by atoms with Crippen molar-refractivity contribution in [1.29, 1.82) is 0 Å². The number of ether oxygens (including phenoxy) is 1. The Morgan fingerprint density at radius 3 is 2.45 bits per heavy atom. The molecule has 11 heavy (non-hydrogen) atoms. The third kappa shape index (κ3) is 3.03. The maximum atomic E-state index is 10.4. The summed E-state index contributed by atoms with van der Waals surface area (Å²) in [5.74, 6) is 0.657. The highest BCUT2D eigenvalue weighted by atomic mass is 16.5. The van der Waals surface area contributed by atoms with E-state index in [0.29, 0.717) is 17.8 Å². The van der Waals surface area contributed by atoms with Crippen molar-refractivity contribution in [3.05, 3.63) is 23.5 Å². The van der Waals surface area contributed by atoms with Crippen molar-refractivity contribution >= 4 is 6.29 Å². The van der Waals surface area contributed by atoms with Crippen LogP contribution in [0.15, 0.2) is 23.5 Å². The van der Waals surface area contributed by atoms with Gasteiger partial charge in [-0.3, -0.25) is 4.79 Å². The van der Waals surface area contributed by atoms with E-state index in [9.17, 15) is 4.79 Å². The van der Waals surface area contributed by atoms with E-state index in [-0.39, 0.29) is 0 Å². The normalized spacial score (nSPS) is 13.0. The monoisotopic (exact) mass is 154 g/mol. The SMILES string of the molecule is C/C=C\C(OC)=C(\C=O)CC. The number of rotatable bonds is 4. The summed E-state index contributed by atoms with van der Waals surface area (Å²) in [6, 6.07) is 0. The van der Waals surface area contributed by atoms with Gasteiger partial charge in [-0.2, -0.15) is 0 Å². The van der Waals surface area contributed by atoms with Gasteiger partial charge in [0.2, 0.25) is 0 Å². The highest BCUT2D eigenvalue weighted by Crippen LogP contribution is 2.07. The van der Waals surface area contributed by atoms with Crippen LogP contribution in [0.3, 0.4) is 0 Å². The lowest BCUT2D eigenvalue weighted by Crippen LogP contribution is -1.92. The van der Waals surface area contributed by atoms with Gasteiger partial charge in [-0.25, -0.2) is 0 Å². The lowest BCUT2D eigenvalue weighted by atomic mass is 10.2. The molecule has 0 spiro atoms. The molecule has 0 aliphatic heterocycles. The Kier molecular flexibility index (Phi) is 5.17. The van der Waals surface area contributed by atoms with Crippen LogP contribution in [0.1, 0.15) is 20.3 Å². The van der Waals surface area contributed by atoms with E-state index in [1.807, 2.05) is 19.9 Å². The molecule has 0 aromatic carbocycles. The fourth-order valence-electron chi connectivity index (χ4n) is 0.773. The Morgan fingerprint density at radius 2 is 2.18 bits per heavy atom. The Bertz CT molecular complexity index is 178. The van der Waals surface area contributed by atoms with E-state index < -0.39 is 0 Å². The quantitative estimate of drug-likeness (QED) is 0.268. The van der Waals surface area contributed by atoms with Crippen LogP contribution in [0.4, 0.5) is 0 Å². The van der Waals surface area contributed by atoms with Crippen LogP contribution in [0, 0.1) is 0 Å². The van der Waals surface area contributed by atoms with Crippen LogP contribution >= 0.6 is 0 Å². The number of allylic oxidation sites excluding steroid dienone is 3. The van der Waals surface area contributed by atoms with Gasteiger partial charge in [-0.1, -0.05) is 13.0 Å². The first-order valence-electron chi connectivity index (χ1n) is 3.65. The average molecular weight is 154 g/mol. The van der Waals surface area contributed by atoms with Crippen molar-refractivity contribution in [2.45, 2.75) is 20.3 Å². The molecule has 0 atom stereocenters. The Balaban J connectivity index is 4.61. The van der Waals surface area contributed by atoms with Gasteiger partial charge in [-0.15, -0.1) is 0 Å². The first-order valence-corrected chi connectivity index (χ1v) is 3.65. The summed E-state index contributed by atoms with van der Waals surface area (Å²) in [6.45, 7) is 3.81. The van der Waals surface area contributed by atoms with Crippen molar-refractivity contribution in [3.63, 3.8) is 0 Å². The van der Waals surface area contributed by atoms with Crippen LogP contribution in [0.2, 0.25) is 0 Å². The van der Waals surface area contributed by atoms with Crippen LogP contribution in [-0.2, 0) is 9.53 Å². The van der Waals surface area contributed by atoms with Crippen molar-refractivity contribution < 1.29 is 9.53 Å². The second-order valence-corrected chi connectivity index (χ2v) is 2.07. The first-order chi connectivity index (χ1) is 5.29. The standard InChI is InChI=1S/C9H14O2/c1-4-6-9(11-3)8(5-2)7-10/h4,6-7H,5H2,1-3H3/b6-4-,9-8-. The average Bonchev–Trinajstić information content (AvgIpc) is 2.05. The molecule has 0 aliphatic carbocycles. The zero-order chi connectivity index (χ0) is 8.69. The maximum Gasteiger partial charge on any atom is 0.149 e. The van der Waals surface area contributed by atoms with E-state index in [1.54, 1.807) is 13.2 Å². The fraction of sp³-hybridized carbons (Fsp3) is 0.444. The summed E-state index contributed by atoms with van der Waals surface area (Å²) in [7, 11) is 1.56. The number of hydrogen-bond acceptors (Lipinski definition) is 2.